The van der Waals surface area contributed by atoms with Crippen LogP contribution in [0, 0.1) is 12.7 Å². The monoisotopic (exact) mass is 554 g/mol. The largest absolute Gasteiger partial charge is 0.376 e. The summed E-state index contributed by atoms with van der Waals surface area (Å²) in [6.45, 7) is 6.64. The highest BCUT2D eigenvalue weighted by molar-refractivity contribution is 14.0. The zero-order chi connectivity index (χ0) is 22.1. The highest BCUT2D eigenvalue weighted by atomic mass is 127. The molecule has 0 radical (unpaired) electrons. The van der Waals surface area contributed by atoms with Crippen LogP contribution >= 0.6 is 24.0 Å². The molecule has 0 aromatic heterocycles. The van der Waals surface area contributed by atoms with Crippen molar-refractivity contribution >= 4 is 35.8 Å². The van der Waals surface area contributed by atoms with Gasteiger partial charge in [-0.25, -0.2) is 9.38 Å². The Balaban J connectivity index is 0.00000363. The molecule has 2 aromatic rings. The Morgan fingerprint density at radius 3 is 2.72 bits per heavy atom. The van der Waals surface area contributed by atoms with Gasteiger partial charge in [0.15, 0.2) is 5.96 Å². The van der Waals surface area contributed by atoms with E-state index in [1.165, 1.54) is 6.07 Å². The highest BCUT2D eigenvalue weighted by Crippen LogP contribution is 2.12. The fraction of sp³-hybridized carbons (Fsp3) is 0.417. The van der Waals surface area contributed by atoms with Gasteiger partial charge >= 0.3 is 0 Å². The Morgan fingerprint density at radius 1 is 1.16 bits per heavy atom. The Hall–Kier alpha value is -2.20. The van der Waals surface area contributed by atoms with Gasteiger partial charge in [-0.05, 0) is 61.6 Å². The molecule has 0 aliphatic carbocycles. The van der Waals surface area contributed by atoms with Crippen molar-refractivity contribution in [3.63, 3.8) is 0 Å². The van der Waals surface area contributed by atoms with Crippen LogP contribution in [0.3, 0.4) is 0 Å². The minimum atomic E-state index is -0.212. The summed E-state index contributed by atoms with van der Waals surface area (Å²) < 4.78 is 19.3. The maximum Gasteiger partial charge on any atom is 0.251 e. The van der Waals surface area contributed by atoms with Crippen LogP contribution in [0.1, 0.15) is 46.8 Å². The second kappa shape index (κ2) is 13.4. The van der Waals surface area contributed by atoms with Crippen molar-refractivity contribution in [2.75, 3.05) is 19.7 Å². The molecule has 1 aliphatic heterocycles. The van der Waals surface area contributed by atoms with Gasteiger partial charge in [-0.15, -0.1) is 24.0 Å². The molecule has 2 aromatic carbocycles. The number of hydrogen-bond acceptors (Lipinski definition) is 3. The van der Waals surface area contributed by atoms with Gasteiger partial charge in [-0.3, -0.25) is 4.79 Å². The van der Waals surface area contributed by atoms with Gasteiger partial charge in [-0.2, -0.15) is 0 Å². The lowest BCUT2D eigenvalue weighted by Crippen LogP contribution is -2.36. The Bertz CT molecular complexity index is 917. The molecule has 0 bridgehead atoms. The number of ether oxygens (including phenoxy) is 1. The number of benzene rings is 2. The number of hydrogen-bond donors (Lipinski definition) is 3. The first-order valence-corrected chi connectivity index (χ1v) is 10.8. The molecule has 1 amide bonds. The molecule has 6 nitrogen and oxygen atoms in total. The fourth-order valence-corrected chi connectivity index (χ4v) is 3.37. The predicted molar refractivity (Wildman–Crippen MR) is 136 cm³/mol. The van der Waals surface area contributed by atoms with Crippen molar-refractivity contribution in [1.29, 1.82) is 0 Å². The first kappa shape index (κ1) is 26.1. The molecule has 0 saturated carbocycles. The zero-order valence-corrected chi connectivity index (χ0v) is 20.9. The van der Waals surface area contributed by atoms with Gasteiger partial charge in [0.1, 0.15) is 5.82 Å². The average Bonchev–Trinajstić information content (AvgIpc) is 3.30. The number of aryl methyl sites for hydroxylation is 1. The van der Waals surface area contributed by atoms with Crippen LogP contribution in [0.15, 0.2) is 47.5 Å². The molecule has 1 atom stereocenters. The Morgan fingerprint density at radius 2 is 2.00 bits per heavy atom. The topological polar surface area (TPSA) is 74.8 Å². The van der Waals surface area contributed by atoms with E-state index in [0.29, 0.717) is 43.3 Å². The van der Waals surface area contributed by atoms with Crippen molar-refractivity contribution in [2.45, 2.75) is 45.9 Å². The van der Waals surface area contributed by atoms with E-state index in [4.69, 9.17) is 4.74 Å². The number of nitrogens with one attached hydrogen (secondary N) is 3. The Labute approximate surface area is 206 Å². The summed E-state index contributed by atoms with van der Waals surface area (Å²) >= 11 is 0. The van der Waals surface area contributed by atoms with E-state index >= 15 is 0 Å². The summed E-state index contributed by atoms with van der Waals surface area (Å²) in [7, 11) is 0. The summed E-state index contributed by atoms with van der Waals surface area (Å²) in [5.74, 6) is 0.320. The third-order valence-electron chi connectivity index (χ3n) is 5.16. The summed E-state index contributed by atoms with van der Waals surface area (Å²) in [6, 6.07) is 12.7. The van der Waals surface area contributed by atoms with Crippen LogP contribution in [-0.4, -0.2) is 37.7 Å². The number of rotatable bonds is 8. The minimum Gasteiger partial charge on any atom is -0.376 e. The van der Waals surface area contributed by atoms with Gasteiger partial charge in [0.05, 0.1) is 12.6 Å². The van der Waals surface area contributed by atoms with Crippen LogP contribution in [0.4, 0.5) is 4.39 Å². The number of nitrogens with zero attached hydrogens (tertiary/aromatic N) is 1. The lowest BCUT2D eigenvalue weighted by Gasteiger charge is -2.12. The van der Waals surface area contributed by atoms with Gasteiger partial charge in [0, 0.05) is 31.8 Å². The van der Waals surface area contributed by atoms with Gasteiger partial charge in [0.2, 0.25) is 0 Å². The third kappa shape index (κ3) is 8.05. The average molecular weight is 554 g/mol. The number of carbonyl (C=O) groups excluding carboxylic acids is 1. The van der Waals surface area contributed by atoms with E-state index in [9.17, 15) is 9.18 Å². The van der Waals surface area contributed by atoms with E-state index in [0.717, 1.165) is 30.6 Å². The maximum atomic E-state index is 13.8. The molecule has 1 unspecified atom stereocenters. The van der Waals surface area contributed by atoms with E-state index in [2.05, 4.69) is 20.9 Å². The molecule has 0 spiro atoms. The predicted octanol–water partition coefficient (Wildman–Crippen LogP) is 3.92. The molecule has 8 heteroatoms. The van der Waals surface area contributed by atoms with Crippen molar-refractivity contribution in [3.05, 3.63) is 70.5 Å². The van der Waals surface area contributed by atoms with E-state index in [1.54, 1.807) is 19.1 Å². The highest BCUT2D eigenvalue weighted by Gasteiger charge is 2.16. The molecule has 1 saturated heterocycles. The van der Waals surface area contributed by atoms with Crippen LogP contribution in [0.2, 0.25) is 0 Å². The molecule has 1 aliphatic rings. The number of guanidine groups is 1. The van der Waals surface area contributed by atoms with Crippen LogP contribution < -0.4 is 16.0 Å². The number of halogens is 2. The molecular formula is C24H32FIN4O2. The lowest BCUT2D eigenvalue weighted by molar-refractivity contribution is 0.0857. The number of aliphatic imine (C=N–C) groups is 1. The standard InChI is InChI=1S/C24H31FN4O2.HI/c1-3-26-24(29-15-19-10-9-17(2)22(25)13-19)28-14-18-6-4-7-20(12-18)23(30)27-16-21-8-5-11-31-21;/h4,6-7,9-10,12-13,21H,3,5,8,11,14-16H2,1-2H3,(H,27,30)(H2,26,28,29);1H. The van der Waals surface area contributed by atoms with Crippen molar-refractivity contribution in [3.8, 4) is 0 Å². The molecule has 1 fully saturated rings. The number of amides is 1. The van der Waals surface area contributed by atoms with Gasteiger partial charge in [0.25, 0.3) is 5.91 Å². The van der Waals surface area contributed by atoms with Crippen molar-refractivity contribution in [2.24, 2.45) is 4.99 Å². The second-order valence-corrected chi connectivity index (χ2v) is 7.68. The quantitative estimate of drug-likeness (QED) is 0.263. The second-order valence-electron chi connectivity index (χ2n) is 7.68. The summed E-state index contributed by atoms with van der Waals surface area (Å²) in [5, 5.41) is 9.36. The van der Waals surface area contributed by atoms with Crippen LogP contribution in [0.5, 0.6) is 0 Å². The minimum absolute atomic E-state index is 0. The lowest BCUT2D eigenvalue weighted by atomic mass is 10.1. The normalized spacial score (nSPS) is 15.7. The first-order chi connectivity index (χ1) is 15.0. The molecule has 32 heavy (non-hydrogen) atoms. The zero-order valence-electron chi connectivity index (χ0n) is 18.6. The third-order valence-corrected chi connectivity index (χ3v) is 5.16. The maximum absolute atomic E-state index is 13.8. The van der Waals surface area contributed by atoms with Crippen molar-refractivity contribution in [1.82, 2.24) is 16.0 Å². The molecule has 174 valence electrons. The SMILES string of the molecule is CCNC(=NCc1cccc(C(=O)NCC2CCCO2)c1)NCc1ccc(C)c(F)c1.I. The van der Waals surface area contributed by atoms with Gasteiger partial charge in [-0.1, -0.05) is 24.3 Å². The van der Waals surface area contributed by atoms with E-state index < -0.39 is 0 Å². The summed E-state index contributed by atoms with van der Waals surface area (Å²) in [4.78, 5) is 17.0. The fourth-order valence-electron chi connectivity index (χ4n) is 3.37. The Kier molecular flexibility index (Phi) is 10.9. The number of carbonyl (C=O) groups is 1. The molecule has 3 rings (SSSR count). The molecular weight excluding hydrogens is 522 g/mol. The molecule has 3 N–H and O–H groups in total. The van der Waals surface area contributed by atoms with Crippen LogP contribution in [-0.2, 0) is 17.8 Å². The first-order valence-electron chi connectivity index (χ1n) is 10.8. The molecule has 1 heterocycles. The van der Waals surface area contributed by atoms with Gasteiger partial charge < -0.3 is 20.7 Å². The van der Waals surface area contributed by atoms with E-state index in [1.807, 2.05) is 31.2 Å². The van der Waals surface area contributed by atoms with E-state index in [-0.39, 0.29) is 41.8 Å². The smallest absolute Gasteiger partial charge is 0.251 e. The van der Waals surface area contributed by atoms with Crippen molar-refractivity contribution < 1.29 is 13.9 Å². The summed E-state index contributed by atoms with van der Waals surface area (Å²) in [6.07, 6.45) is 2.16. The summed E-state index contributed by atoms with van der Waals surface area (Å²) in [5.41, 5.74) is 3.02. The van der Waals surface area contributed by atoms with Crippen LogP contribution in [0.25, 0.3) is 0 Å².